The molecular formula is C22H32N6O4S. The average Bonchev–Trinajstić information content (AvgIpc) is 2.82. The zero-order valence-electron chi connectivity index (χ0n) is 18.7. The maximum Gasteiger partial charge on any atom is 0.251 e. The second-order valence-corrected chi connectivity index (χ2v) is 9.85. The van der Waals surface area contributed by atoms with Crippen LogP contribution in [0.4, 0.5) is 0 Å². The monoisotopic (exact) mass is 476 g/mol. The molecule has 0 radical (unpaired) electrons. The van der Waals surface area contributed by atoms with Crippen LogP contribution in [0.3, 0.4) is 0 Å². The van der Waals surface area contributed by atoms with Crippen molar-refractivity contribution in [3.63, 3.8) is 0 Å². The van der Waals surface area contributed by atoms with Crippen LogP contribution in [0.5, 0.6) is 5.75 Å². The molecule has 2 aromatic carbocycles. The van der Waals surface area contributed by atoms with Gasteiger partial charge in [-0.2, -0.15) is 4.31 Å². The van der Waals surface area contributed by atoms with Crippen LogP contribution in [0.25, 0.3) is 0 Å². The van der Waals surface area contributed by atoms with E-state index in [9.17, 15) is 13.2 Å². The van der Waals surface area contributed by atoms with Crippen molar-refractivity contribution in [3.8, 4) is 5.75 Å². The molecule has 0 aliphatic carbocycles. The maximum atomic E-state index is 12.9. The SMILES string of the molecule is CC(N)N1CCN(S(=O)(=O)c2ccc(C(=O)NCCOc3cccc(C(N)N)c3)cc2)CC1. The predicted octanol–water partition coefficient (Wildman–Crippen LogP) is 0.0224. The van der Waals surface area contributed by atoms with Gasteiger partial charge in [-0.25, -0.2) is 8.42 Å². The Morgan fingerprint density at radius 2 is 1.73 bits per heavy atom. The van der Waals surface area contributed by atoms with Gasteiger partial charge in [-0.05, 0) is 48.9 Å². The summed E-state index contributed by atoms with van der Waals surface area (Å²) in [6.07, 6.45) is -0.688. The molecule has 0 spiro atoms. The van der Waals surface area contributed by atoms with Crippen LogP contribution >= 0.6 is 0 Å². The maximum absolute atomic E-state index is 12.9. The molecule has 0 aromatic heterocycles. The Morgan fingerprint density at radius 3 is 2.33 bits per heavy atom. The van der Waals surface area contributed by atoms with Gasteiger partial charge >= 0.3 is 0 Å². The third-order valence-electron chi connectivity index (χ3n) is 5.50. The molecule has 7 N–H and O–H groups in total. The van der Waals surface area contributed by atoms with Crippen molar-refractivity contribution < 1.29 is 17.9 Å². The van der Waals surface area contributed by atoms with Crippen LogP contribution in [-0.4, -0.2) is 69.0 Å². The zero-order chi connectivity index (χ0) is 24.0. The predicted molar refractivity (Wildman–Crippen MR) is 126 cm³/mol. The molecule has 3 rings (SSSR count). The van der Waals surface area contributed by atoms with Gasteiger partial charge in [-0.15, -0.1) is 0 Å². The topological polar surface area (TPSA) is 157 Å². The summed E-state index contributed by atoms with van der Waals surface area (Å²) in [5.41, 5.74) is 18.3. The molecule has 1 aliphatic rings. The highest BCUT2D eigenvalue weighted by atomic mass is 32.2. The number of piperazine rings is 1. The van der Waals surface area contributed by atoms with E-state index in [2.05, 4.69) is 5.32 Å². The first-order valence-corrected chi connectivity index (χ1v) is 12.2. The number of carbonyl (C=O) groups excluding carboxylic acids is 1. The molecule has 1 aliphatic heterocycles. The number of sulfonamides is 1. The van der Waals surface area contributed by atoms with E-state index < -0.39 is 16.2 Å². The van der Waals surface area contributed by atoms with Crippen molar-refractivity contribution >= 4 is 15.9 Å². The summed E-state index contributed by atoms with van der Waals surface area (Å²) in [7, 11) is -3.62. The molecule has 1 heterocycles. The van der Waals surface area contributed by atoms with Gasteiger partial charge in [0.2, 0.25) is 10.0 Å². The quantitative estimate of drug-likeness (QED) is 0.291. The molecule has 2 aromatic rings. The number of carbonyl (C=O) groups is 1. The number of rotatable bonds is 9. The number of nitrogens with one attached hydrogen (secondary N) is 1. The summed E-state index contributed by atoms with van der Waals surface area (Å²) in [4.78, 5) is 14.6. The van der Waals surface area contributed by atoms with Crippen molar-refractivity contribution in [2.24, 2.45) is 17.2 Å². The van der Waals surface area contributed by atoms with Gasteiger partial charge in [0.15, 0.2) is 0 Å². The van der Waals surface area contributed by atoms with E-state index in [-0.39, 0.29) is 30.1 Å². The standard InChI is InChI=1S/C22H32N6O4S/c1-16(23)27-10-12-28(13-11-27)33(30,31)20-7-5-17(6-8-20)22(29)26-9-14-32-19-4-2-3-18(15-19)21(24)25/h2-8,15-16,21H,9-14,23-25H2,1H3,(H,26,29). The first-order chi connectivity index (χ1) is 15.7. The highest BCUT2D eigenvalue weighted by Gasteiger charge is 2.29. The van der Waals surface area contributed by atoms with E-state index in [1.165, 1.54) is 28.6 Å². The van der Waals surface area contributed by atoms with Crippen LogP contribution in [0.15, 0.2) is 53.4 Å². The first-order valence-electron chi connectivity index (χ1n) is 10.8. The molecule has 0 bridgehead atoms. The lowest BCUT2D eigenvalue weighted by atomic mass is 10.2. The van der Waals surface area contributed by atoms with Crippen molar-refractivity contribution in [2.75, 3.05) is 39.3 Å². The number of hydrogen-bond donors (Lipinski definition) is 4. The highest BCUT2D eigenvalue weighted by molar-refractivity contribution is 7.89. The van der Waals surface area contributed by atoms with Crippen molar-refractivity contribution in [1.29, 1.82) is 0 Å². The van der Waals surface area contributed by atoms with E-state index in [0.717, 1.165) is 5.56 Å². The van der Waals surface area contributed by atoms with E-state index in [1.54, 1.807) is 18.2 Å². The zero-order valence-corrected chi connectivity index (χ0v) is 19.5. The third kappa shape index (κ3) is 6.50. The fourth-order valence-corrected chi connectivity index (χ4v) is 4.95. The highest BCUT2D eigenvalue weighted by Crippen LogP contribution is 2.19. The third-order valence-corrected chi connectivity index (χ3v) is 7.42. The summed E-state index contributed by atoms with van der Waals surface area (Å²) in [5, 5.41) is 2.75. The van der Waals surface area contributed by atoms with Crippen LogP contribution in [0.2, 0.25) is 0 Å². The minimum absolute atomic E-state index is 0.104. The molecule has 180 valence electrons. The Morgan fingerprint density at radius 1 is 1.06 bits per heavy atom. The molecule has 1 unspecified atom stereocenters. The molecule has 0 saturated carbocycles. The van der Waals surface area contributed by atoms with E-state index in [4.69, 9.17) is 21.9 Å². The molecule has 1 fully saturated rings. The largest absolute Gasteiger partial charge is 0.492 e. The van der Waals surface area contributed by atoms with Crippen LogP contribution in [0.1, 0.15) is 29.0 Å². The Labute approximate surface area is 194 Å². The Balaban J connectivity index is 1.50. The lowest BCUT2D eigenvalue weighted by molar-refractivity contribution is 0.0947. The van der Waals surface area contributed by atoms with Crippen molar-refractivity contribution in [3.05, 3.63) is 59.7 Å². The van der Waals surface area contributed by atoms with Crippen LogP contribution in [-0.2, 0) is 10.0 Å². The fourth-order valence-electron chi connectivity index (χ4n) is 3.53. The molecule has 1 atom stereocenters. The Bertz CT molecular complexity index is 1040. The van der Waals surface area contributed by atoms with Gasteiger partial charge in [-0.1, -0.05) is 12.1 Å². The number of ether oxygens (including phenoxy) is 1. The minimum atomic E-state index is -3.62. The summed E-state index contributed by atoms with van der Waals surface area (Å²) in [6, 6.07) is 13.1. The van der Waals surface area contributed by atoms with Gasteiger partial charge in [0.25, 0.3) is 5.91 Å². The molecule has 1 saturated heterocycles. The van der Waals surface area contributed by atoms with Gasteiger partial charge in [0, 0.05) is 31.7 Å². The molecule has 11 heteroatoms. The number of amides is 1. The summed E-state index contributed by atoms with van der Waals surface area (Å²) in [5.74, 6) is 0.296. The summed E-state index contributed by atoms with van der Waals surface area (Å²) >= 11 is 0. The lowest BCUT2D eigenvalue weighted by Crippen LogP contribution is -2.53. The first kappa shape index (κ1) is 25.1. The van der Waals surface area contributed by atoms with E-state index in [0.29, 0.717) is 37.5 Å². The molecule has 10 nitrogen and oxygen atoms in total. The van der Waals surface area contributed by atoms with Gasteiger partial charge in [0.05, 0.1) is 23.8 Å². The second kappa shape index (κ2) is 11.1. The fraction of sp³-hybridized carbons (Fsp3) is 0.409. The lowest BCUT2D eigenvalue weighted by Gasteiger charge is -2.35. The normalized spacial score (nSPS) is 16.5. The number of hydrogen-bond acceptors (Lipinski definition) is 8. The summed E-state index contributed by atoms with van der Waals surface area (Å²) in [6.45, 7) is 4.36. The number of nitrogens with zero attached hydrogens (tertiary/aromatic N) is 2. The number of benzene rings is 2. The van der Waals surface area contributed by atoms with E-state index in [1.807, 2.05) is 17.9 Å². The average molecular weight is 477 g/mol. The Hall–Kier alpha value is -2.54. The molecule has 33 heavy (non-hydrogen) atoms. The minimum Gasteiger partial charge on any atom is -0.492 e. The van der Waals surface area contributed by atoms with E-state index >= 15 is 0 Å². The van der Waals surface area contributed by atoms with Gasteiger partial charge in [-0.3, -0.25) is 9.69 Å². The molecular weight excluding hydrogens is 444 g/mol. The van der Waals surface area contributed by atoms with Crippen LogP contribution < -0.4 is 27.3 Å². The molecule has 1 amide bonds. The van der Waals surface area contributed by atoms with Crippen molar-refractivity contribution in [1.82, 2.24) is 14.5 Å². The second-order valence-electron chi connectivity index (χ2n) is 7.91. The Kier molecular flexibility index (Phi) is 8.40. The van der Waals surface area contributed by atoms with Crippen molar-refractivity contribution in [2.45, 2.75) is 24.2 Å². The van der Waals surface area contributed by atoms with Gasteiger partial charge < -0.3 is 27.3 Å². The van der Waals surface area contributed by atoms with Gasteiger partial charge in [0.1, 0.15) is 12.4 Å². The van der Waals surface area contributed by atoms with Crippen LogP contribution in [0, 0.1) is 0 Å². The number of nitrogens with two attached hydrogens (primary N) is 3. The smallest absolute Gasteiger partial charge is 0.251 e. The summed E-state index contributed by atoms with van der Waals surface area (Å²) < 4.78 is 32.9.